The van der Waals surface area contributed by atoms with E-state index in [0.717, 1.165) is 5.57 Å². The van der Waals surface area contributed by atoms with E-state index in [4.69, 9.17) is 9.47 Å². The van der Waals surface area contributed by atoms with Crippen LogP contribution >= 0.6 is 0 Å². The molecule has 0 N–H and O–H groups in total. The van der Waals surface area contributed by atoms with Gasteiger partial charge < -0.3 is 14.4 Å². The summed E-state index contributed by atoms with van der Waals surface area (Å²) in [6, 6.07) is 4.66. The van der Waals surface area contributed by atoms with Crippen molar-refractivity contribution in [2.45, 2.75) is 26.4 Å². The highest BCUT2D eigenvalue weighted by atomic mass is 32.2. The Bertz CT molecular complexity index is 971. The Morgan fingerprint density at radius 1 is 1.20 bits per heavy atom. The van der Waals surface area contributed by atoms with Gasteiger partial charge in [-0.1, -0.05) is 5.57 Å². The molecule has 3 aliphatic heterocycles. The number of hydrogen-bond donors (Lipinski definition) is 0. The first-order valence-electron chi connectivity index (χ1n) is 10.0. The van der Waals surface area contributed by atoms with Crippen molar-refractivity contribution in [1.29, 1.82) is 0 Å². The molecular weight excluding hydrogens is 413 g/mol. The van der Waals surface area contributed by atoms with Crippen molar-refractivity contribution in [3.8, 4) is 0 Å². The van der Waals surface area contributed by atoms with Crippen LogP contribution in [0, 0.1) is 5.82 Å². The number of ether oxygens (including phenoxy) is 2. The number of morpholine rings is 1. The molecule has 3 heterocycles. The van der Waals surface area contributed by atoms with Gasteiger partial charge in [0, 0.05) is 19.6 Å². The minimum absolute atomic E-state index is 0.0930. The summed E-state index contributed by atoms with van der Waals surface area (Å²) in [5, 5.41) is 0. The number of anilines is 2. The third-order valence-electron chi connectivity index (χ3n) is 5.67. The van der Waals surface area contributed by atoms with E-state index in [-0.39, 0.29) is 13.1 Å². The first kappa shape index (κ1) is 21.1. The summed E-state index contributed by atoms with van der Waals surface area (Å²) >= 11 is 0. The molecular formula is C20H26FN3O5S. The molecule has 1 aromatic carbocycles. The van der Waals surface area contributed by atoms with Crippen LogP contribution in [0.25, 0.3) is 0 Å². The maximum Gasteiger partial charge on any atom is 0.414 e. The highest BCUT2D eigenvalue weighted by Crippen LogP contribution is 2.31. The minimum atomic E-state index is -3.51. The highest BCUT2D eigenvalue weighted by molar-refractivity contribution is 7.93. The van der Waals surface area contributed by atoms with E-state index in [1.807, 2.05) is 4.90 Å². The quantitative estimate of drug-likeness (QED) is 0.717. The molecule has 0 spiro atoms. The van der Waals surface area contributed by atoms with E-state index in [2.05, 4.69) is 0 Å². The molecule has 3 aliphatic rings. The third-order valence-corrected chi connectivity index (χ3v) is 7.92. The molecule has 4 rings (SSSR count). The second-order valence-electron chi connectivity index (χ2n) is 7.89. The van der Waals surface area contributed by atoms with E-state index in [1.54, 1.807) is 26.0 Å². The van der Waals surface area contributed by atoms with Gasteiger partial charge in [0.15, 0.2) is 0 Å². The molecule has 3 saturated heterocycles. The lowest BCUT2D eigenvalue weighted by Gasteiger charge is -2.29. The van der Waals surface area contributed by atoms with Crippen LogP contribution in [0.3, 0.4) is 0 Å². The second kappa shape index (κ2) is 8.16. The third kappa shape index (κ3) is 3.91. The van der Waals surface area contributed by atoms with Crippen LogP contribution in [0.4, 0.5) is 20.6 Å². The molecule has 0 radical (unpaired) electrons. The predicted octanol–water partition coefficient (Wildman–Crippen LogP) is 2.32. The highest BCUT2D eigenvalue weighted by Gasteiger charge is 2.40. The number of sulfonamides is 1. The fraction of sp³-hybridized carbons (Fsp3) is 0.550. The number of benzene rings is 1. The lowest BCUT2D eigenvalue weighted by molar-refractivity contribution is 0.122. The summed E-state index contributed by atoms with van der Waals surface area (Å²) in [5.74, 6) is -0.416. The Morgan fingerprint density at radius 3 is 2.57 bits per heavy atom. The number of halogens is 1. The summed E-state index contributed by atoms with van der Waals surface area (Å²) < 4.78 is 52.0. The zero-order valence-corrected chi connectivity index (χ0v) is 18.0. The molecule has 8 nitrogen and oxygen atoms in total. The zero-order chi connectivity index (χ0) is 21.5. The summed E-state index contributed by atoms with van der Waals surface area (Å²) in [7, 11) is -3.51. The Kier molecular flexibility index (Phi) is 5.73. The largest absolute Gasteiger partial charge is 0.443 e. The number of amides is 1. The molecule has 0 aromatic heterocycles. The second-order valence-corrected chi connectivity index (χ2v) is 9.85. The molecule has 30 heavy (non-hydrogen) atoms. The lowest BCUT2D eigenvalue weighted by Crippen LogP contribution is -2.37. The van der Waals surface area contributed by atoms with E-state index < -0.39 is 28.0 Å². The van der Waals surface area contributed by atoms with Crippen LogP contribution in [-0.4, -0.2) is 70.9 Å². The number of nitrogens with zero attached hydrogens (tertiary/aromatic N) is 3. The van der Waals surface area contributed by atoms with Crippen LogP contribution in [0.1, 0.15) is 20.3 Å². The lowest BCUT2D eigenvalue weighted by atomic mass is 10.2. The monoisotopic (exact) mass is 439 g/mol. The Hall–Kier alpha value is -2.17. The van der Waals surface area contributed by atoms with Crippen molar-refractivity contribution in [3.63, 3.8) is 0 Å². The molecule has 0 bridgehead atoms. The van der Waals surface area contributed by atoms with Gasteiger partial charge in [-0.15, -0.1) is 0 Å². The summed E-state index contributed by atoms with van der Waals surface area (Å²) in [6.07, 6.45) is -0.744. The zero-order valence-electron chi connectivity index (χ0n) is 17.1. The molecule has 1 aromatic rings. The van der Waals surface area contributed by atoms with Crippen molar-refractivity contribution >= 4 is 27.5 Å². The summed E-state index contributed by atoms with van der Waals surface area (Å²) in [6.45, 7) is 6.53. The Balaban J connectivity index is 1.45. The van der Waals surface area contributed by atoms with Crippen LogP contribution in [0.5, 0.6) is 0 Å². The Labute approximate surface area is 175 Å². The maximum atomic E-state index is 14.7. The van der Waals surface area contributed by atoms with Crippen LogP contribution in [0.15, 0.2) is 28.7 Å². The van der Waals surface area contributed by atoms with E-state index >= 15 is 0 Å². The van der Waals surface area contributed by atoms with E-state index in [1.165, 1.54) is 15.3 Å². The average Bonchev–Trinajstić information content (AvgIpc) is 3.21. The number of hydrogen-bond acceptors (Lipinski definition) is 6. The first-order valence-corrected chi connectivity index (χ1v) is 11.5. The van der Waals surface area contributed by atoms with Gasteiger partial charge in [0.05, 0.1) is 42.6 Å². The maximum absolute atomic E-state index is 14.7. The summed E-state index contributed by atoms with van der Waals surface area (Å²) in [4.78, 5) is 16.1. The normalized spacial score (nSPS) is 24.4. The molecule has 3 fully saturated rings. The number of rotatable bonds is 4. The molecule has 0 saturated carbocycles. The van der Waals surface area contributed by atoms with Gasteiger partial charge in [-0.25, -0.2) is 17.6 Å². The van der Waals surface area contributed by atoms with Crippen LogP contribution in [0.2, 0.25) is 0 Å². The van der Waals surface area contributed by atoms with Crippen molar-refractivity contribution in [2.75, 3.05) is 55.7 Å². The fourth-order valence-electron chi connectivity index (χ4n) is 4.11. The Morgan fingerprint density at radius 2 is 1.93 bits per heavy atom. The average molecular weight is 440 g/mol. The van der Waals surface area contributed by atoms with Gasteiger partial charge >= 0.3 is 6.09 Å². The number of allylic oxidation sites excluding steroid dienone is 1. The molecule has 10 heteroatoms. The van der Waals surface area contributed by atoms with E-state index in [9.17, 15) is 17.6 Å². The van der Waals surface area contributed by atoms with Crippen molar-refractivity contribution in [3.05, 3.63) is 34.5 Å². The van der Waals surface area contributed by atoms with Crippen molar-refractivity contribution in [1.82, 2.24) is 4.31 Å². The molecule has 164 valence electrons. The number of carbonyl (C=O) groups is 1. The van der Waals surface area contributed by atoms with Gasteiger partial charge in [0.1, 0.15) is 11.9 Å². The van der Waals surface area contributed by atoms with Crippen molar-refractivity contribution < 1.29 is 27.1 Å². The van der Waals surface area contributed by atoms with Crippen LogP contribution in [-0.2, 0) is 19.5 Å². The SMILES string of the molecule is CC(C)=C1CCN(C[C@H]2CN(c3ccc(N4CCOCC4)c(F)c3)C(=O)O2)S1(=O)=O. The number of carbonyl (C=O) groups excluding carboxylic acids is 1. The topological polar surface area (TPSA) is 79.4 Å². The first-order chi connectivity index (χ1) is 14.3. The molecule has 0 unspecified atom stereocenters. The van der Waals surface area contributed by atoms with Gasteiger partial charge in [-0.2, -0.15) is 4.31 Å². The molecule has 0 aliphatic carbocycles. The van der Waals surface area contributed by atoms with Gasteiger partial charge in [0.2, 0.25) is 10.0 Å². The summed E-state index contributed by atoms with van der Waals surface area (Å²) in [5.41, 5.74) is 1.65. The van der Waals surface area contributed by atoms with Crippen LogP contribution < -0.4 is 9.80 Å². The molecule has 1 atom stereocenters. The van der Waals surface area contributed by atoms with E-state index in [0.29, 0.717) is 55.5 Å². The standard InChI is InChI=1S/C20H26FN3O5S/c1-14(2)19-5-6-23(30(19,26)27)12-16-13-24(20(25)29-16)15-3-4-18(17(21)11-15)22-7-9-28-10-8-22/h3-4,11,16H,5-10,12-13H2,1-2H3/t16-/m0/s1. The minimum Gasteiger partial charge on any atom is -0.443 e. The van der Waals surface area contributed by atoms with Gasteiger partial charge in [-0.3, -0.25) is 4.90 Å². The van der Waals surface area contributed by atoms with Gasteiger partial charge in [-0.05, 0) is 38.5 Å². The van der Waals surface area contributed by atoms with Crippen molar-refractivity contribution in [2.24, 2.45) is 0 Å². The fourth-order valence-corrected chi connectivity index (χ4v) is 5.98. The predicted molar refractivity (Wildman–Crippen MR) is 111 cm³/mol. The van der Waals surface area contributed by atoms with Gasteiger partial charge in [0.25, 0.3) is 0 Å². The smallest absolute Gasteiger partial charge is 0.414 e. The number of cyclic esters (lactones) is 1. The molecule has 1 amide bonds.